The second-order valence-corrected chi connectivity index (χ2v) is 9.26. The smallest absolute Gasteiger partial charge is 0.329 e. The van der Waals surface area contributed by atoms with Gasteiger partial charge in [-0.15, -0.1) is 0 Å². The summed E-state index contributed by atoms with van der Waals surface area (Å²) in [7, 11) is 0.838. The van der Waals surface area contributed by atoms with Crippen molar-refractivity contribution in [1.82, 2.24) is 10.2 Å². The minimum absolute atomic E-state index is 0.00528. The highest BCUT2D eigenvalue weighted by molar-refractivity contribution is 6.37. The molecule has 0 heterocycles. The molecule has 0 spiro atoms. The van der Waals surface area contributed by atoms with Crippen LogP contribution in [-0.4, -0.2) is 49.2 Å². The fourth-order valence-corrected chi connectivity index (χ4v) is 4.11. The largest absolute Gasteiger partial charge is 0.417 e. The van der Waals surface area contributed by atoms with E-state index in [2.05, 4.69) is 6.58 Å². The topological polar surface area (TPSA) is 49.4 Å². The number of rotatable bonds is 8. The Hall–Kier alpha value is -3.26. The van der Waals surface area contributed by atoms with E-state index in [9.17, 15) is 49.1 Å². The fraction of sp³-hybridized carbons (Fsp3) is 0.280. The number of amides is 2. The number of Topliss-reactive ketones (excluding diaryl/α,β-unsaturated/α-hetero) is 1. The second-order valence-electron chi connectivity index (χ2n) is 8.45. The van der Waals surface area contributed by atoms with Gasteiger partial charge < -0.3 is 10.2 Å². The lowest BCUT2D eigenvalue weighted by Gasteiger charge is -2.20. The number of urea groups is 1. The molecule has 16 heteroatoms. The molecule has 1 unspecified atom stereocenters. The van der Waals surface area contributed by atoms with Crippen molar-refractivity contribution in [3.63, 3.8) is 0 Å². The van der Waals surface area contributed by atoms with Gasteiger partial charge >= 0.3 is 24.6 Å². The van der Waals surface area contributed by atoms with E-state index in [1.54, 1.807) is 0 Å². The normalized spacial score (nSPS) is 13.5. The summed E-state index contributed by atoms with van der Waals surface area (Å²) in [5.41, 5.74) is -4.35. The Labute approximate surface area is 236 Å². The Morgan fingerprint density at radius 2 is 1.56 bits per heavy atom. The zero-order chi connectivity index (χ0) is 31.5. The van der Waals surface area contributed by atoms with Crippen LogP contribution < -0.4 is 5.32 Å². The van der Waals surface area contributed by atoms with Crippen molar-refractivity contribution in [2.45, 2.75) is 24.4 Å². The maximum atomic E-state index is 15.0. The van der Waals surface area contributed by atoms with Crippen LogP contribution in [0.2, 0.25) is 10.0 Å². The Morgan fingerprint density at radius 1 is 1.00 bits per heavy atom. The standard InChI is InChI=1S/C25H18Cl2F10N2O2/c1-3-14-18(26)7-13(8-19(14)27)16(24(32,33)34)9-20(28)12-4-5-15(17(6-12)25(35,36)37)21(40)10-39(2)22(41)38-11-23(29,30)31/h3-9,16H,1,10-11H2,2H3,(H,38,41)/b20-9-. The maximum absolute atomic E-state index is 15.0. The van der Waals surface area contributed by atoms with Crippen LogP contribution in [0.3, 0.4) is 0 Å². The third-order valence-corrected chi connectivity index (χ3v) is 6.02. The van der Waals surface area contributed by atoms with Crippen LogP contribution in [0.4, 0.5) is 48.7 Å². The van der Waals surface area contributed by atoms with Crippen LogP contribution in [0.25, 0.3) is 11.9 Å². The third kappa shape index (κ3) is 9.12. The number of alkyl halides is 9. The highest BCUT2D eigenvalue weighted by atomic mass is 35.5. The molecule has 0 aliphatic heterocycles. The minimum atomic E-state index is -5.32. The Balaban J connectivity index is 2.47. The molecule has 0 aromatic heterocycles. The number of nitrogens with zero attached hydrogens (tertiary/aromatic N) is 1. The lowest BCUT2D eigenvalue weighted by molar-refractivity contribution is -0.140. The first-order valence-corrected chi connectivity index (χ1v) is 11.8. The lowest BCUT2D eigenvalue weighted by atomic mass is 9.94. The van der Waals surface area contributed by atoms with E-state index in [-0.39, 0.29) is 27.8 Å². The van der Waals surface area contributed by atoms with E-state index in [1.807, 2.05) is 0 Å². The Bertz CT molecular complexity index is 1330. The van der Waals surface area contributed by atoms with Gasteiger partial charge in [0.05, 0.1) is 12.1 Å². The summed E-state index contributed by atoms with van der Waals surface area (Å²) < 4.78 is 135. The van der Waals surface area contributed by atoms with Crippen LogP contribution in [-0.2, 0) is 6.18 Å². The molecule has 2 amide bonds. The minimum Gasteiger partial charge on any atom is -0.329 e. The number of allylic oxidation sites excluding steroid dienone is 1. The van der Waals surface area contributed by atoms with Gasteiger partial charge in [-0.3, -0.25) is 4.79 Å². The first-order valence-electron chi connectivity index (χ1n) is 11.0. The molecule has 2 rings (SSSR count). The van der Waals surface area contributed by atoms with Gasteiger partial charge in [-0.1, -0.05) is 48.0 Å². The van der Waals surface area contributed by atoms with Gasteiger partial charge in [0.2, 0.25) is 0 Å². The van der Waals surface area contributed by atoms with Crippen molar-refractivity contribution >= 4 is 46.9 Å². The molecule has 2 aromatic carbocycles. The molecule has 1 atom stereocenters. The molecule has 0 aliphatic carbocycles. The van der Waals surface area contributed by atoms with E-state index in [1.165, 1.54) is 11.4 Å². The summed E-state index contributed by atoms with van der Waals surface area (Å²) in [6, 6.07) is 1.44. The quantitative estimate of drug-likeness (QED) is 0.232. The Morgan fingerprint density at radius 3 is 2.02 bits per heavy atom. The highest BCUT2D eigenvalue weighted by Crippen LogP contribution is 2.42. The van der Waals surface area contributed by atoms with Crippen molar-refractivity contribution in [3.8, 4) is 0 Å². The number of likely N-dealkylation sites (N-methyl/N-ethyl adjacent to an activating group) is 1. The number of ketones is 1. The molecule has 224 valence electrons. The van der Waals surface area contributed by atoms with E-state index in [0.29, 0.717) is 17.0 Å². The van der Waals surface area contributed by atoms with E-state index in [0.717, 1.165) is 19.2 Å². The van der Waals surface area contributed by atoms with Gasteiger partial charge in [-0.25, -0.2) is 9.18 Å². The molecule has 0 saturated carbocycles. The summed E-state index contributed by atoms with van der Waals surface area (Å²) in [5.74, 6) is -5.82. The number of carbonyl (C=O) groups is 2. The monoisotopic (exact) mass is 638 g/mol. The molecule has 41 heavy (non-hydrogen) atoms. The van der Waals surface area contributed by atoms with Crippen LogP contribution in [0.1, 0.15) is 38.5 Å². The molecule has 0 radical (unpaired) electrons. The number of benzene rings is 2. The number of carbonyl (C=O) groups excluding carboxylic acids is 2. The van der Waals surface area contributed by atoms with E-state index in [4.69, 9.17) is 23.2 Å². The SMILES string of the molecule is C=Cc1c(Cl)cc(C(/C=C(\F)c2ccc(C(=O)CN(C)C(=O)NCC(F)(F)F)c(C(F)(F)F)c2)C(F)(F)F)cc1Cl. The summed E-state index contributed by atoms with van der Waals surface area (Å²) in [6.07, 6.45) is -14.1. The van der Waals surface area contributed by atoms with Crippen molar-refractivity contribution in [2.24, 2.45) is 0 Å². The van der Waals surface area contributed by atoms with Gasteiger partial charge in [-0.2, -0.15) is 39.5 Å². The van der Waals surface area contributed by atoms with Crippen LogP contribution in [0.15, 0.2) is 43.0 Å². The zero-order valence-corrected chi connectivity index (χ0v) is 22.1. The zero-order valence-electron chi connectivity index (χ0n) is 20.5. The summed E-state index contributed by atoms with van der Waals surface area (Å²) >= 11 is 11.8. The molecule has 1 N–H and O–H groups in total. The van der Waals surface area contributed by atoms with Crippen LogP contribution >= 0.6 is 23.2 Å². The van der Waals surface area contributed by atoms with Gasteiger partial charge in [-0.05, 0) is 29.8 Å². The average Bonchev–Trinajstić information content (AvgIpc) is 2.83. The number of halogens is 12. The van der Waals surface area contributed by atoms with Crippen molar-refractivity contribution in [3.05, 3.63) is 80.8 Å². The average molecular weight is 639 g/mol. The molecule has 2 aromatic rings. The molecule has 0 aliphatic rings. The molecule has 0 fully saturated rings. The van der Waals surface area contributed by atoms with Crippen molar-refractivity contribution in [1.29, 1.82) is 0 Å². The first kappa shape index (κ1) is 33.9. The maximum Gasteiger partial charge on any atom is 0.417 e. The van der Waals surface area contributed by atoms with Gasteiger partial charge in [0.1, 0.15) is 18.3 Å². The third-order valence-electron chi connectivity index (χ3n) is 5.40. The summed E-state index contributed by atoms with van der Waals surface area (Å²) in [4.78, 5) is 24.6. The lowest BCUT2D eigenvalue weighted by Crippen LogP contribution is -2.43. The second kappa shape index (κ2) is 12.7. The predicted octanol–water partition coefficient (Wildman–Crippen LogP) is 8.70. The van der Waals surface area contributed by atoms with E-state index < -0.39 is 77.4 Å². The predicted molar refractivity (Wildman–Crippen MR) is 132 cm³/mol. The molecular weight excluding hydrogens is 621 g/mol. The van der Waals surface area contributed by atoms with Gasteiger partial charge in [0, 0.05) is 33.8 Å². The number of nitrogens with one attached hydrogen (secondary N) is 1. The fourth-order valence-electron chi connectivity index (χ4n) is 3.45. The molecule has 4 nitrogen and oxygen atoms in total. The number of hydrogen-bond donors (Lipinski definition) is 1. The molecule has 0 saturated heterocycles. The van der Waals surface area contributed by atoms with Crippen molar-refractivity contribution < 1.29 is 53.5 Å². The highest BCUT2D eigenvalue weighted by Gasteiger charge is 2.41. The first-order chi connectivity index (χ1) is 18.7. The molecule has 0 bridgehead atoms. The van der Waals surface area contributed by atoms with Crippen LogP contribution in [0, 0.1) is 0 Å². The summed E-state index contributed by atoms with van der Waals surface area (Å²) in [5, 5.41) is 0.931. The Kier molecular flexibility index (Phi) is 10.5. The van der Waals surface area contributed by atoms with Crippen molar-refractivity contribution in [2.75, 3.05) is 20.1 Å². The van der Waals surface area contributed by atoms with Gasteiger partial charge in [0.15, 0.2) is 5.78 Å². The van der Waals surface area contributed by atoms with Crippen LogP contribution in [0.5, 0.6) is 0 Å². The molecular formula is C25H18Cl2F10N2O2. The summed E-state index contributed by atoms with van der Waals surface area (Å²) in [6.45, 7) is 0.532. The number of hydrogen-bond acceptors (Lipinski definition) is 2. The van der Waals surface area contributed by atoms with E-state index >= 15 is 4.39 Å². The van der Waals surface area contributed by atoms with Gasteiger partial charge in [0.25, 0.3) is 0 Å².